The molecule has 0 saturated carbocycles. The lowest BCUT2D eigenvalue weighted by Gasteiger charge is -2.41. The van der Waals surface area contributed by atoms with E-state index in [2.05, 4.69) is 41.8 Å². The fraction of sp³-hybridized carbons (Fsp3) is 0.500. The smallest absolute Gasteiger partial charge is 0.337 e. The van der Waals surface area contributed by atoms with E-state index in [9.17, 15) is 9.90 Å². The molecule has 0 aliphatic carbocycles. The van der Waals surface area contributed by atoms with Crippen molar-refractivity contribution < 1.29 is 14.6 Å². The van der Waals surface area contributed by atoms with Crippen molar-refractivity contribution in [3.05, 3.63) is 80.1 Å². The third-order valence-corrected chi connectivity index (χ3v) is 9.32. The Labute approximate surface area is 272 Å². The predicted octanol–water partition coefficient (Wildman–Crippen LogP) is 8.80. The van der Waals surface area contributed by atoms with Gasteiger partial charge in [-0.1, -0.05) is 55.2 Å². The van der Waals surface area contributed by atoms with Crippen molar-refractivity contribution in [3.63, 3.8) is 0 Å². The van der Waals surface area contributed by atoms with E-state index in [0.29, 0.717) is 21.3 Å². The molecular weight excluding hydrogens is 593 g/mol. The number of carbonyl (C=O) groups is 1. The summed E-state index contributed by atoms with van der Waals surface area (Å²) in [6.07, 6.45) is 1.85. The van der Waals surface area contributed by atoms with Crippen molar-refractivity contribution in [1.29, 1.82) is 0 Å². The molecule has 1 saturated heterocycles. The number of anilines is 1. The number of halogens is 2. The second kappa shape index (κ2) is 12.6. The molecule has 1 N–H and O–H groups in total. The number of aromatic nitrogens is 1. The summed E-state index contributed by atoms with van der Waals surface area (Å²) in [4.78, 5) is 22.6. The summed E-state index contributed by atoms with van der Waals surface area (Å²) in [6.45, 7) is 18.5. The van der Waals surface area contributed by atoms with Gasteiger partial charge >= 0.3 is 5.97 Å². The van der Waals surface area contributed by atoms with Gasteiger partial charge in [-0.05, 0) is 99.7 Å². The van der Waals surface area contributed by atoms with E-state index >= 15 is 0 Å². The first kappa shape index (κ1) is 32.7. The molecule has 0 spiro atoms. The Morgan fingerprint density at radius 3 is 2.27 bits per heavy atom. The van der Waals surface area contributed by atoms with Gasteiger partial charge in [-0.25, -0.2) is 4.79 Å². The number of hydrogen-bond donors (Lipinski definition) is 1. The summed E-state index contributed by atoms with van der Waals surface area (Å²) in [7, 11) is 0. The SMILES string of the molecule is Cc1nc(C)c(C(OC(C)(C)C)C(=O)O)c(N2CCC(C)(C)CC2)c1-c1ccc2c(c1)CCN(Cc1cc(Cl)cc(Cl)c1)C2. The molecule has 1 unspecified atom stereocenters. The van der Waals surface area contributed by atoms with E-state index in [1.807, 2.05) is 46.8 Å². The van der Waals surface area contributed by atoms with E-state index in [4.69, 9.17) is 32.9 Å². The number of piperidine rings is 1. The van der Waals surface area contributed by atoms with Gasteiger partial charge in [-0.15, -0.1) is 0 Å². The number of hydrogen-bond acceptors (Lipinski definition) is 5. The van der Waals surface area contributed by atoms with Crippen LogP contribution in [0.4, 0.5) is 5.69 Å². The lowest BCUT2D eigenvalue weighted by molar-refractivity contribution is -0.160. The van der Waals surface area contributed by atoms with E-state index in [1.54, 1.807) is 6.07 Å². The molecule has 0 radical (unpaired) electrons. The highest BCUT2D eigenvalue weighted by atomic mass is 35.5. The minimum atomic E-state index is -1.13. The molecule has 44 heavy (non-hydrogen) atoms. The van der Waals surface area contributed by atoms with E-state index in [1.165, 1.54) is 11.1 Å². The molecule has 3 heterocycles. The summed E-state index contributed by atoms with van der Waals surface area (Å²) >= 11 is 12.5. The molecule has 0 bridgehead atoms. The van der Waals surface area contributed by atoms with Gasteiger partial charge < -0.3 is 14.7 Å². The Morgan fingerprint density at radius 2 is 1.66 bits per heavy atom. The van der Waals surface area contributed by atoms with Gasteiger partial charge in [-0.2, -0.15) is 0 Å². The zero-order chi connectivity index (χ0) is 32.0. The predicted molar refractivity (Wildman–Crippen MR) is 180 cm³/mol. The number of nitrogens with zero attached hydrogens (tertiary/aromatic N) is 3. The zero-order valence-corrected chi connectivity index (χ0v) is 28.6. The van der Waals surface area contributed by atoms with E-state index in [0.717, 1.165) is 80.1 Å². The van der Waals surface area contributed by atoms with Crippen LogP contribution in [0.5, 0.6) is 0 Å². The third kappa shape index (κ3) is 7.42. The van der Waals surface area contributed by atoms with Crippen molar-refractivity contribution in [1.82, 2.24) is 9.88 Å². The summed E-state index contributed by atoms with van der Waals surface area (Å²) in [6, 6.07) is 12.4. The molecule has 5 rings (SSSR count). The van der Waals surface area contributed by atoms with Crippen LogP contribution in [0.1, 0.15) is 87.2 Å². The normalized spacial score (nSPS) is 17.8. The first-order chi connectivity index (χ1) is 20.6. The average Bonchev–Trinajstić information content (AvgIpc) is 2.90. The molecule has 6 nitrogen and oxygen atoms in total. The van der Waals surface area contributed by atoms with Crippen LogP contribution in [0.25, 0.3) is 11.1 Å². The second-order valence-corrected chi connectivity index (χ2v) is 15.1. The van der Waals surface area contributed by atoms with Gasteiger partial charge in [-0.3, -0.25) is 9.88 Å². The lowest BCUT2D eigenvalue weighted by atomic mass is 9.81. The quantitative estimate of drug-likeness (QED) is 0.279. The molecule has 2 aromatic carbocycles. The highest BCUT2D eigenvalue weighted by molar-refractivity contribution is 6.34. The minimum Gasteiger partial charge on any atom is -0.479 e. The number of aryl methyl sites for hydroxylation is 2. The Bertz CT molecular complexity index is 1530. The number of fused-ring (bicyclic) bond motifs is 1. The van der Waals surface area contributed by atoms with Gasteiger partial charge in [0.15, 0.2) is 6.10 Å². The van der Waals surface area contributed by atoms with E-state index in [-0.39, 0.29) is 5.41 Å². The molecule has 2 aliphatic heterocycles. The summed E-state index contributed by atoms with van der Waals surface area (Å²) in [5, 5.41) is 11.8. The van der Waals surface area contributed by atoms with E-state index < -0.39 is 17.7 Å². The molecule has 1 fully saturated rings. The molecule has 8 heteroatoms. The van der Waals surface area contributed by atoms with Crippen LogP contribution < -0.4 is 4.90 Å². The molecule has 236 valence electrons. The van der Waals surface area contributed by atoms with Crippen molar-refractivity contribution in [3.8, 4) is 11.1 Å². The number of carboxylic acid groups (broad SMARTS) is 1. The highest BCUT2D eigenvalue weighted by Crippen LogP contribution is 2.45. The van der Waals surface area contributed by atoms with Gasteiger partial charge in [0.05, 0.1) is 11.3 Å². The molecule has 2 aliphatic rings. The maximum atomic E-state index is 12.8. The third-order valence-electron chi connectivity index (χ3n) is 8.88. The van der Waals surface area contributed by atoms with Gasteiger partial charge in [0.25, 0.3) is 0 Å². The van der Waals surface area contributed by atoms with Crippen molar-refractivity contribution >= 4 is 34.9 Å². The van der Waals surface area contributed by atoms with Crippen molar-refractivity contribution in [2.24, 2.45) is 5.41 Å². The number of benzene rings is 2. The van der Waals surface area contributed by atoms with Gasteiger partial charge in [0.2, 0.25) is 0 Å². The van der Waals surface area contributed by atoms with Gasteiger partial charge in [0, 0.05) is 65.3 Å². The molecule has 0 amide bonds. The summed E-state index contributed by atoms with van der Waals surface area (Å²) < 4.78 is 6.25. The van der Waals surface area contributed by atoms with Crippen molar-refractivity contribution in [2.75, 3.05) is 24.5 Å². The van der Waals surface area contributed by atoms with Crippen LogP contribution in [-0.4, -0.2) is 46.2 Å². The second-order valence-electron chi connectivity index (χ2n) is 14.2. The molecule has 1 atom stereocenters. The fourth-order valence-corrected chi connectivity index (χ4v) is 7.19. The molecule has 3 aromatic rings. The number of aliphatic carboxylic acids is 1. The minimum absolute atomic E-state index is 0.246. The van der Waals surface area contributed by atoms with Crippen LogP contribution in [0, 0.1) is 19.3 Å². The Hall–Kier alpha value is -2.64. The Morgan fingerprint density at radius 1 is 1.00 bits per heavy atom. The number of pyridine rings is 1. The molecular formula is C36H45Cl2N3O3. The van der Waals surface area contributed by atoms with Crippen LogP contribution >= 0.6 is 23.2 Å². The average molecular weight is 639 g/mol. The summed E-state index contributed by atoms with van der Waals surface area (Å²) in [5.41, 5.74) is 8.64. The maximum Gasteiger partial charge on any atom is 0.337 e. The first-order valence-electron chi connectivity index (χ1n) is 15.6. The lowest BCUT2D eigenvalue weighted by Crippen LogP contribution is -2.39. The molecule has 1 aromatic heterocycles. The fourth-order valence-electron chi connectivity index (χ4n) is 6.62. The highest BCUT2D eigenvalue weighted by Gasteiger charge is 2.36. The zero-order valence-electron chi connectivity index (χ0n) is 27.1. The van der Waals surface area contributed by atoms with Crippen LogP contribution in [0.15, 0.2) is 36.4 Å². The number of rotatable bonds is 7. The monoisotopic (exact) mass is 637 g/mol. The standard InChI is InChI=1S/C36H45Cl2N3O3/c1-22-30(26-8-9-27-21-40(13-10-25(27)18-26)20-24-16-28(37)19-29(38)17-24)32(41-14-11-36(6,7)12-15-41)31(23(2)39-22)33(34(42)43)44-35(3,4)5/h8-9,16-19,33H,10-15,20-21H2,1-7H3,(H,42,43). The van der Waals surface area contributed by atoms with Crippen molar-refractivity contribution in [2.45, 2.75) is 92.5 Å². The van der Waals surface area contributed by atoms with Crippen LogP contribution in [0.2, 0.25) is 10.0 Å². The first-order valence-corrected chi connectivity index (χ1v) is 16.3. The number of ether oxygens (including phenoxy) is 1. The van der Waals surface area contributed by atoms with Gasteiger partial charge in [0.1, 0.15) is 0 Å². The van der Waals surface area contributed by atoms with Crippen LogP contribution in [-0.2, 0) is 29.0 Å². The largest absolute Gasteiger partial charge is 0.479 e. The summed E-state index contributed by atoms with van der Waals surface area (Å²) in [5.74, 6) is -0.996. The number of carboxylic acids is 1. The Balaban J connectivity index is 1.56. The Kier molecular flexibility index (Phi) is 9.40. The topological polar surface area (TPSA) is 65.9 Å². The maximum absolute atomic E-state index is 12.8. The van der Waals surface area contributed by atoms with Crippen LogP contribution in [0.3, 0.4) is 0 Å².